The summed E-state index contributed by atoms with van der Waals surface area (Å²) in [5, 5.41) is 3.08. The smallest absolute Gasteiger partial charge is 0.243 e. The molecule has 1 amide bonds. The first-order chi connectivity index (χ1) is 9.56. The fourth-order valence-corrected chi connectivity index (χ4v) is 1.63. The van der Waals surface area contributed by atoms with Gasteiger partial charge in [-0.3, -0.25) is 4.79 Å². The third kappa shape index (κ3) is 5.54. The molecule has 0 saturated carbocycles. The molecule has 0 atom stereocenters. The van der Waals surface area contributed by atoms with Crippen molar-refractivity contribution in [3.05, 3.63) is 5.28 Å². The molecular weight excluding hydrogens is 284 g/mol. The molecule has 20 heavy (non-hydrogen) atoms. The molecule has 0 spiro atoms. The average molecular weight is 303 g/mol. The van der Waals surface area contributed by atoms with Gasteiger partial charge >= 0.3 is 0 Å². The van der Waals surface area contributed by atoms with E-state index in [9.17, 15) is 4.79 Å². The number of anilines is 2. The Labute approximate surface area is 122 Å². The van der Waals surface area contributed by atoms with Gasteiger partial charge < -0.3 is 20.7 Å². The van der Waals surface area contributed by atoms with Crippen LogP contribution in [0, 0.1) is 0 Å². The van der Waals surface area contributed by atoms with Crippen molar-refractivity contribution >= 4 is 29.4 Å². The number of nitrogens with one attached hydrogen (secondary N) is 1. The maximum absolute atomic E-state index is 10.5. The highest BCUT2D eigenvalue weighted by molar-refractivity contribution is 6.28. The summed E-state index contributed by atoms with van der Waals surface area (Å²) in [5.41, 5.74) is 4.95. The molecule has 0 aliphatic carbocycles. The number of carbonyl (C=O) groups is 1. The summed E-state index contributed by atoms with van der Waals surface area (Å²) < 4.78 is 5.02. The second kappa shape index (κ2) is 8.49. The van der Waals surface area contributed by atoms with Gasteiger partial charge in [0.05, 0.1) is 6.61 Å². The number of amides is 1. The van der Waals surface area contributed by atoms with Crippen molar-refractivity contribution in [1.82, 2.24) is 15.0 Å². The zero-order valence-corrected chi connectivity index (χ0v) is 12.4. The second-order valence-electron chi connectivity index (χ2n) is 3.85. The van der Waals surface area contributed by atoms with Crippen molar-refractivity contribution in [1.29, 1.82) is 0 Å². The molecule has 0 aliphatic rings. The van der Waals surface area contributed by atoms with Crippen molar-refractivity contribution in [3.8, 4) is 0 Å². The van der Waals surface area contributed by atoms with Crippen LogP contribution in [-0.4, -0.2) is 53.7 Å². The molecule has 112 valence electrons. The van der Waals surface area contributed by atoms with Crippen LogP contribution in [-0.2, 0) is 9.53 Å². The quantitative estimate of drug-likeness (QED) is 0.631. The minimum absolute atomic E-state index is 0.107. The van der Waals surface area contributed by atoms with E-state index >= 15 is 0 Å². The molecule has 0 radical (unpaired) electrons. The molecule has 0 unspecified atom stereocenters. The Morgan fingerprint density at radius 1 is 1.35 bits per heavy atom. The van der Waals surface area contributed by atoms with Crippen LogP contribution in [0.2, 0.25) is 5.28 Å². The van der Waals surface area contributed by atoms with Gasteiger partial charge in [0, 0.05) is 19.6 Å². The van der Waals surface area contributed by atoms with E-state index < -0.39 is 5.91 Å². The highest BCUT2D eigenvalue weighted by atomic mass is 35.5. The minimum atomic E-state index is -0.503. The van der Waals surface area contributed by atoms with Crippen LogP contribution in [0.5, 0.6) is 0 Å². The van der Waals surface area contributed by atoms with Gasteiger partial charge in [0.25, 0.3) is 0 Å². The van der Waals surface area contributed by atoms with Gasteiger partial charge in [-0.15, -0.1) is 0 Å². The predicted octanol–water partition coefficient (Wildman–Crippen LogP) is 0.285. The molecule has 1 rings (SSSR count). The van der Waals surface area contributed by atoms with Crippen LogP contribution in [0.3, 0.4) is 0 Å². The molecule has 0 bridgehead atoms. The van der Waals surface area contributed by atoms with E-state index in [2.05, 4.69) is 20.3 Å². The van der Waals surface area contributed by atoms with E-state index in [4.69, 9.17) is 22.1 Å². The lowest BCUT2D eigenvalue weighted by Crippen LogP contribution is -2.25. The number of primary amides is 1. The first kappa shape index (κ1) is 16.4. The van der Waals surface area contributed by atoms with Gasteiger partial charge in [-0.25, -0.2) is 0 Å². The SMILES string of the molecule is CCN(CC)c1nc(Cl)nc(NCCOCC(N)=O)n1. The van der Waals surface area contributed by atoms with E-state index in [1.807, 2.05) is 18.7 Å². The summed E-state index contributed by atoms with van der Waals surface area (Å²) in [4.78, 5) is 24.8. The molecule has 0 saturated heterocycles. The summed E-state index contributed by atoms with van der Waals surface area (Å²) in [6.07, 6.45) is 0. The van der Waals surface area contributed by atoms with Gasteiger partial charge in [-0.05, 0) is 25.4 Å². The average Bonchev–Trinajstić information content (AvgIpc) is 2.39. The van der Waals surface area contributed by atoms with Crippen LogP contribution < -0.4 is 16.0 Å². The Hall–Kier alpha value is -1.67. The van der Waals surface area contributed by atoms with Crippen molar-refractivity contribution < 1.29 is 9.53 Å². The lowest BCUT2D eigenvalue weighted by atomic mass is 10.5. The number of nitrogens with two attached hydrogens (primary N) is 1. The largest absolute Gasteiger partial charge is 0.370 e. The van der Waals surface area contributed by atoms with Gasteiger partial charge in [-0.2, -0.15) is 15.0 Å². The maximum atomic E-state index is 10.5. The number of rotatable bonds is 9. The molecule has 0 fully saturated rings. The minimum Gasteiger partial charge on any atom is -0.370 e. The molecule has 0 aliphatic heterocycles. The number of aromatic nitrogens is 3. The molecule has 8 nitrogen and oxygen atoms in total. The number of hydrogen-bond acceptors (Lipinski definition) is 7. The predicted molar refractivity (Wildman–Crippen MR) is 76.9 cm³/mol. The Balaban J connectivity index is 2.55. The van der Waals surface area contributed by atoms with E-state index in [0.29, 0.717) is 25.0 Å². The second-order valence-corrected chi connectivity index (χ2v) is 4.18. The van der Waals surface area contributed by atoms with Gasteiger partial charge in [0.15, 0.2) is 0 Å². The number of ether oxygens (including phenoxy) is 1. The Morgan fingerprint density at radius 3 is 2.65 bits per heavy atom. The molecule has 0 aromatic carbocycles. The van der Waals surface area contributed by atoms with E-state index in [1.54, 1.807) is 0 Å². The summed E-state index contributed by atoms with van der Waals surface area (Å²) in [7, 11) is 0. The van der Waals surface area contributed by atoms with Crippen LogP contribution in [0.15, 0.2) is 0 Å². The maximum Gasteiger partial charge on any atom is 0.243 e. The number of nitrogens with zero attached hydrogens (tertiary/aromatic N) is 4. The molecular formula is C11H19ClN6O2. The van der Waals surface area contributed by atoms with Crippen molar-refractivity contribution in [3.63, 3.8) is 0 Å². The van der Waals surface area contributed by atoms with E-state index in [1.165, 1.54) is 0 Å². The zero-order valence-electron chi connectivity index (χ0n) is 11.6. The highest BCUT2D eigenvalue weighted by Gasteiger charge is 2.09. The topological polar surface area (TPSA) is 106 Å². The van der Waals surface area contributed by atoms with Crippen molar-refractivity contribution in [2.75, 3.05) is 43.1 Å². The van der Waals surface area contributed by atoms with Crippen molar-refractivity contribution in [2.45, 2.75) is 13.8 Å². The van der Waals surface area contributed by atoms with Gasteiger partial charge in [-0.1, -0.05) is 0 Å². The zero-order chi connectivity index (χ0) is 15.0. The Kier molecular flexibility index (Phi) is 6.96. The Bertz CT molecular complexity index is 441. The Morgan fingerprint density at radius 2 is 2.05 bits per heavy atom. The third-order valence-corrected chi connectivity index (χ3v) is 2.59. The number of halogens is 1. The fraction of sp³-hybridized carbons (Fsp3) is 0.636. The lowest BCUT2D eigenvalue weighted by Gasteiger charge is -2.18. The standard InChI is InChI=1S/C11H19ClN6O2/c1-3-18(4-2)11-16-9(12)15-10(17-11)14-5-6-20-7-8(13)19/h3-7H2,1-2H3,(H2,13,19)(H,14,15,16,17). The summed E-state index contributed by atoms with van der Waals surface area (Å²) in [5.74, 6) is 0.391. The van der Waals surface area contributed by atoms with Crippen molar-refractivity contribution in [2.24, 2.45) is 5.73 Å². The monoisotopic (exact) mass is 302 g/mol. The third-order valence-electron chi connectivity index (χ3n) is 2.42. The van der Waals surface area contributed by atoms with E-state index in [-0.39, 0.29) is 11.9 Å². The molecule has 1 heterocycles. The van der Waals surface area contributed by atoms with Crippen LogP contribution in [0.4, 0.5) is 11.9 Å². The highest BCUT2D eigenvalue weighted by Crippen LogP contribution is 2.13. The number of carbonyl (C=O) groups excluding carboxylic acids is 1. The first-order valence-corrected chi connectivity index (χ1v) is 6.71. The first-order valence-electron chi connectivity index (χ1n) is 6.33. The summed E-state index contributed by atoms with van der Waals surface area (Å²) >= 11 is 5.87. The molecule has 9 heteroatoms. The summed E-state index contributed by atoms with van der Waals surface area (Å²) in [6.45, 7) is 6.20. The van der Waals surface area contributed by atoms with Crippen LogP contribution in [0.1, 0.15) is 13.8 Å². The normalized spacial score (nSPS) is 10.3. The molecule has 1 aromatic heterocycles. The van der Waals surface area contributed by atoms with Gasteiger partial charge in [0.1, 0.15) is 6.61 Å². The van der Waals surface area contributed by atoms with Gasteiger partial charge in [0.2, 0.25) is 23.1 Å². The lowest BCUT2D eigenvalue weighted by molar-refractivity contribution is -0.122. The van der Waals surface area contributed by atoms with E-state index in [0.717, 1.165) is 13.1 Å². The molecule has 1 aromatic rings. The summed E-state index contributed by atoms with van der Waals surface area (Å²) in [6, 6.07) is 0. The fourth-order valence-electron chi connectivity index (χ4n) is 1.47. The van der Waals surface area contributed by atoms with Crippen LogP contribution in [0.25, 0.3) is 0 Å². The van der Waals surface area contributed by atoms with Crippen LogP contribution >= 0.6 is 11.6 Å². The number of hydrogen-bond donors (Lipinski definition) is 2. The molecule has 3 N–H and O–H groups in total.